The molecular formula is C24H28FNO6S. The molecule has 0 aliphatic carbocycles. The van der Waals surface area contributed by atoms with E-state index >= 15 is 0 Å². The number of halogens is 1. The van der Waals surface area contributed by atoms with E-state index in [1.54, 1.807) is 30.2 Å². The van der Waals surface area contributed by atoms with Crippen LogP contribution in [0.4, 0.5) is 10.1 Å². The van der Waals surface area contributed by atoms with Crippen molar-refractivity contribution in [2.75, 3.05) is 50.8 Å². The van der Waals surface area contributed by atoms with Gasteiger partial charge in [0.25, 0.3) is 0 Å². The number of carboxylic acids is 1. The molecule has 3 rings (SSSR count). The topological polar surface area (TPSA) is 85.3 Å². The molecule has 1 fully saturated rings. The van der Waals surface area contributed by atoms with Crippen LogP contribution >= 0.6 is 11.8 Å². The normalized spacial score (nSPS) is 15.9. The van der Waals surface area contributed by atoms with Crippen LogP contribution in [-0.2, 0) is 25.4 Å². The van der Waals surface area contributed by atoms with Gasteiger partial charge in [-0.15, -0.1) is 11.8 Å². The Labute approximate surface area is 196 Å². The fraction of sp³-hybridized carbons (Fsp3) is 0.417. The lowest BCUT2D eigenvalue weighted by molar-refractivity contribution is -0.115. The first-order valence-electron chi connectivity index (χ1n) is 10.6. The van der Waals surface area contributed by atoms with Crippen molar-refractivity contribution in [1.29, 1.82) is 0 Å². The molecule has 2 aromatic carbocycles. The minimum Gasteiger partial charge on any atom is -0.478 e. The minimum absolute atomic E-state index is 0.0732. The Kier molecular flexibility index (Phi) is 9.25. The van der Waals surface area contributed by atoms with Gasteiger partial charge in [0.05, 0.1) is 44.4 Å². The number of carboxylic acid groups (broad SMARTS) is 1. The lowest BCUT2D eigenvalue weighted by Crippen LogP contribution is -2.29. The number of amides is 1. The van der Waals surface area contributed by atoms with E-state index in [1.165, 1.54) is 30.0 Å². The minimum atomic E-state index is -1.03. The number of thioether (sulfide) groups is 1. The molecule has 1 unspecified atom stereocenters. The fourth-order valence-electron chi connectivity index (χ4n) is 3.72. The number of carbonyl (C=O) groups excluding carboxylic acids is 1. The number of carbonyl (C=O) groups is 2. The van der Waals surface area contributed by atoms with E-state index in [4.69, 9.17) is 14.2 Å². The second kappa shape index (κ2) is 12.1. The molecule has 1 heterocycles. The number of anilines is 1. The van der Waals surface area contributed by atoms with E-state index in [2.05, 4.69) is 0 Å². The molecule has 2 aromatic rings. The Balaban J connectivity index is 1.77. The van der Waals surface area contributed by atoms with Gasteiger partial charge < -0.3 is 19.3 Å². The van der Waals surface area contributed by atoms with Crippen LogP contribution in [-0.4, -0.2) is 62.9 Å². The molecule has 178 valence electrons. The zero-order chi connectivity index (χ0) is 23.8. The van der Waals surface area contributed by atoms with Gasteiger partial charge in [0, 0.05) is 12.8 Å². The van der Waals surface area contributed by atoms with E-state index < -0.39 is 5.97 Å². The Morgan fingerprint density at radius 2 is 1.76 bits per heavy atom. The van der Waals surface area contributed by atoms with Crippen LogP contribution in [0.5, 0.6) is 0 Å². The van der Waals surface area contributed by atoms with Gasteiger partial charge in [0.2, 0.25) is 5.91 Å². The van der Waals surface area contributed by atoms with Gasteiger partial charge >= 0.3 is 5.97 Å². The van der Waals surface area contributed by atoms with Gasteiger partial charge in [0.1, 0.15) is 11.2 Å². The summed E-state index contributed by atoms with van der Waals surface area (Å²) in [5.41, 5.74) is 3.00. The van der Waals surface area contributed by atoms with Crippen LogP contribution in [0.3, 0.4) is 0 Å². The molecule has 33 heavy (non-hydrogen) atoms. The van der Waals surface area contributed by atoms with E-state index in [1.807, 2.05) is 6.92 Å². The van der Waals surface area contributed by atoms with Gasteiger partial charge in [-0.2, -0.15) is 0 Å². The van der Waals surface area contributed by atoms with Crippen molar-refractivity contribution in [3.63, 3.8) is 0 Å². The maximum atomic E-state index is 13.4. The zero-order valence-electron chi connectivity index (χ0n) is 18.7. The summed E-state index contributed by atoms with van der Waals surface area (Å²) in [5.74, 6) is -1.15. The third-order valence-corrected chi connectivity index (χ3v) is 6.60. The highest BCUT2D eigenvalue weighted by atomic mass is 32.2. The zero-order valence-corrected chi connectivity index (χ0v) is 19.5. The monoisotopic (exact) mass is 477 g/mol. The van der Waals surface area contributed by atoms with Crippen LogP contribution in [0.1, 0.15) is 32.4 Å². The average molecular weight is 478 g/mol. The fourth-order valence-corrected chi connectivity index (χ4v) is 4.89. The Bertz CT molecular complexity index is 968. The van der Waals surface area contributed by atoms with Crippen LogP contribution < -0.4 is 4.90 Å². The Morgan fingerprint density at radius 3 is 2.42 bits per heavy atom. The largest absolute Gasteiger partial charge is 0.478 e. The second-order valence-corrected chi connectivity index (χ2v) is 8.56. The molecule has 1 atom stereocenters. The molecule has 1 N–H and O–H groups in total. The quantitative estimate of drug-likeness (QED) is 0.465. The van der Waals surface area contributed by atoms with Crippen molar-refractivity contribution in [3.05, 3.63) is 64.5 Å². The van der Waals surface area contributed by atoms with Gasteiger partial charge in [-0.25, -0.2) is 9.18 Å². The van der Waals surface area contributed by atoms with Crippen molar-refractivity contribution >= 4 is 29.3 Å². The molecule has 0 spiro atoms. The number of hydrogen-bond acceptors (Lipinski definition) is 6. The summed E-state index contributed by atoms with van der Waals surface area (Å²) in [5, 5.41) is 9.38. The van der Waals surface area contributed by atoms with E-state index in [9.17, 15) is 19.1 Å². The average Bonchev–Trinajstić information content (AvgIpc) is 3.17. The maximum absolute atomic E-state index is 13.4. The highest BCUT2D eigenvalue weighted by Gasteiger charge is 2.35. The summed E-state index contributed by atoms with van der Waals surface area (Å²) in [7, 11) is 1.60. The number of nitrogens with zero attached hydrogens (tertiary/aromatic N) is 1. The number of ether oxygens (including phenoxy) is 3. The Morgan fingerprint density at radius 1 is 1.09 bits per heavy atom. The van der Waals surface area contributed by atoms with E-state index in [0.29, 0.717) is 56.5 Å². The van der Waals surface area contributed by atoms with Gasteiger partial charge in [-0.05, 0) is 54.3 Å². The summed E-state index contributed by atoms with van der Waals surface area (Å²) in [4.78, 5) is 26.3. The first-order valence-corrected chi connectivity index (χ1v) is 11.7. The van der Waals surface area contributed by atoms with Crippen LogP contribution in [0.15, 0.2) is 36.4 Å². The summed E-state index contributed by atoms with van der Waals surface area (Å²) in [6.07, 6.45) is 0.385. The van der Waals surface area contributed by atoms with Crippen molar-refractivity contribution in [1.82, 2.24) is 0 Å². The molecule has 0 radical (unpaired) electrons. The highest BCUT2D eigenvalue weighted by molar-refractivity contribution is 8.00. The predicted octanol–water partition coefficient (Wildman–Crippen LogP) is 3.83. The molecule has 0 bridgehead atoms. The van der Waals surface area contributed by atoms with Crippen LogP contribution in [0.2, 0.25) is 0 Å². The van der Waals surface area contributed by atoms with E-state index in [-0.39, 0.29) is 22.7 Å². The number of hydrogen-bond donors (Lipinski definition) is 1. The third-order valence-electron chi connectivity index (χ3n) is 5.38. The maximum Gasteiger partial charge on any atom is 0.335 e. The predicted molar refractivity (Wildman–Crippen MR) is 124 cm³/mol. The van der Waals surface area contributed by atoms with Gasteiger partial charge in [-0.1, -0.05) is 12.1 Å². The van der Waals surface area contributed by atoms with E-state index in [0.717, 1.165) is 11.1 Å². The second-order valence-electron chi connectivity index (χ2n) is 7.49. The first kappa shape index (κ1) is 25.2. The van der Waals surface area contributed by atoms with Gasteiger partial charge in [-0.3, -0.25) is 9.69 Å². The molecule has 0 saturated carbocycles. The Hall–Kier alpha value is -2.46. The van der Waals surface area contributed by atoms with Crippen molar-refractivity contribution in [3.8, 4) is 0 Å². The molecule has 1 aliphatic rings. The highest BCUT2D eigenvalue weighted by Crippen LogP contribution is 2.43. The molecule has 9 heteroatoms. The summed E-state index contributed by atoms with van der Waals surface area (Å²) in [6.45, 7) is 3.96. The molecule has 1 saturated heterocycles. The molecule has 0 aromatic heterocycles. The standard InChI is InChI=1S/C24H28FNO6S/c1-16-19(9-10-31-13-14-32-12-11-30-2)20(24(28)29)7-8-21(16)26-22(27)15-33-23(26)17-3-5-18(25)6-4-17/h3-8,23H,9-15H2,1-2H3,(H,28,29). The number of rotatable bonds is 12. The molecule has 7 nitrogen and oxygen atoms in total. The lowest BCUT2D eigenvalue weighted by atomic mass is 9.96. The SMILES string of the molecule is COCCOCCOCCc1c(C(=O)O)ccc(N2C(=O)CSC2c2ccc(F)cc2)c1C. The van der Waals surface area contributed by atoms with Crippen molar-refractivity contribution in [2.45, 2.75) is 18.7 Å². The lowest BCUT2D eigenvalue weighted by Gasteiger charge is -2.27. The molecule has 1 aliphatic heterocycles. The molecule has 1 amide bonds. The number of aromatic carboxylic acids is 1. The summed E-state index contributed by atoms with van der Waals surface area (Å²) in [6, 6.07) is 9.29. The summed E-state index contributed by atoms with van der Waals surface area (Å²) < 4.78 is 29.3. The summed E-state index contributed by atoms with van der Waals surface area (Å²) >= 11 is 1.46. The number of benzene rings is 2. The third kappa shape index (κ3) is 6.32. The van der Waals surface area contributed by atoms with Crippen LogP contribution in [0, 0.1) is 12.7 Å². The molecular weight excluding hydrogens is 449 g/mol. The van der Waals surface area contributed by atoms with Crippen molar-refractivity contribution < 1.29 is 33.3 Å². The van der Waals surface area contributed by atoms with Gasteiger partial charge in [0.15, 0.2) is 0 Å². The number of methoxy groups -OCH3 is 1. The smallest absolute Gasteiger partial charge is 0.335 e. The van der Waals surface area contributed by atoms with Crippen LogP contribution in [0.25, 0.3) is 0 Å². The van der Waals surface area contributed by atoms with Crippen molar-refractivity contribution in [2.24, 2.45) is 0 Å². The first-order chi connectivity index (χ1) is 15.9.